The normalized spacial score (nSPS) is 13.7. The van der Waals surface area contributed by atoms with Crippen LogP contribution in [0.2, 0.25) is 0 Å². The van der Waals surface area contributed by atoms with Crippen LogP contribution >= 0.6 is 11.8 Å². The summed E-state index contributed by atoms with van der Waals surface area (Å²) in [5, 5.41) is 2.78. The number of carbonyl (C=O) groups excluding carboxylic acids is 1. The SMILES string of the molecule is O=C1N=C(N(c2cc[c-]cc2)c2ccccc2)SC1=Cc1ccc2cc(OCc3ccccc3)ccc2c1.[Na+]. The van der Waals surface area contributed by atoms with E-state index in [9.17, 15) is 4.79 Å². The molecule has 184 valence electrons. The van der Waals surface area contributed by atoms with Gasteiger partial charge in [-0.3, -0.25) is 4.79 Å². The fraction of sp³-hybridized carbons (Fsp3) is 0.0303. The van der Waals surface area contributed by atoms with Gasteiger partial charge in [0.25, 0.3) is 5.91 Å². The minimum atomic E-state index is -0.238. The molecule has 0 unspecified atom stereocenters. The summed E-state index contributed by atoms with van der Waals surface area (Å²) in [4.78, 5) is 19.9. The minimum Gasteiger partial charge on any atom is -0.489 e. The topological polar surface area (TPSA) is 41.9 Å². The van der Waals surface area contributed by atoms with E-state index in [0.717, 1.165) is 39.0 Å². The maximum Gasteiger partial charge on any atom is 1.00 e. The molecule has 1 aliphatic heterocycles. The van der Waals surface area contributed by atoms with E-state index in [1.807, 2.05) is 108 Å². The van der Waals surface area contributed by atoms with Crippen molar-refractivity contribution >= 4 is 51.1 Å². The number of ether oxygens (including phenoxy) is 1. The predicted octanol–water partition coefficient (Wildman–Crippen LogP) is 5.03. The number of benzene rings is 5. The summed E-state index contributed by atoms with van der Waals surface area (Å²) in [5.74, 6) is 0.588. The number of hydrogen-bond donors (Lipinski definition) is 0. The standard InChI is InChI=1S/C33H23N2O2S.Na/c36-32-31(38-33(34-32)35(28-12-6-2-7-13-28)29-14-8-3-9-15-29)21-25-16-17-27-22-30(19-18-26(27)20-25)37-23-24-10-4-1-5-11-24;/h1-2,4-22H,23H2;/q-1;+1. The Morgan fingerprint density at radius 2 is 1.46 bits per heavy atom. The smallest absolute Gasteiger partial charge is 0.489 e. The zero-order valence-electron chi connectivity index (χ0n) is 21.5. The Morgan fingerprint density at radius 3 is 2.23 bits per heavy atom. The van der Waals surface area contributed by atoms with Gasteiger partial charge in [0.05, 0.1) is 4.91 Å². The molecule has 5 aromatic rings. The van der Waals surface area contributed by atoms with Gasteiger partial charge in [0.1, 0.15) is 12.4 Å². The number of amidine groups is 1. The number of para-hydroxylation sites is 1. The first-order valence-corrected chi connectivity index (χ1v) is 13.1. The van der Waals surface area contributed by atoms with E-state index < -0.39 is 0 Å². The van der Waals surface area contributed by atoms with Crippen LogP contribution in [-0.2, 0) is 11.4 Å². The fourth-order valence-corrected chi connectivity index (χ4v) is 5.24. The van der Waals surface area contributed by atoms with Gasteiger partial charge < -0.3 is 9.64 Å². The first-order valence-electron chi connectivity index (χ1n) is 12.3. The minimum absolute atomic E-state index is 0. The number of fused-ring (bicyclic) bond motifs is 1. The van der Waals surface area contributed by atoms with Gasteiger partial charge in [0, 0.05) is 5.69 Å². The molecule has 6 rings (SSSR count). The molecule has 1 heterocycles. The van der Waals surface area contributed by atoms with E-state index in [-0.39, 0.29) is 35.5 Å². The summed E-state index contributed by atoms with van der Waals surface area (Å²) >= 11 is 1.38. The van der Waals surface area contributed by atoms with Gasteiger partial charge in [-0.1, -0.05) is 72.4 Å². The van der Waals surface area contributed by atoms with Gasteiger partial charge >= 0.3 is 29.6 Å². The van der Waals surface area contributed by atoms with Crippen LogP contribution in [0.4, 0.5) is 11.4 Å². The second-order valence-electron chi connectivity index (χ2n) is 8.78. The van der Waals surface area contributed by atoms with Crippen LogP contribution in [0, 0.1) is 6.07 Å². The Hall–Kier alpha value is -3.61. The van der Waals surface area contributed by atoms with Gasteiger partial charge in [-0.15, -0.1) is 12.1 Å². The van der Waals surface area contributed by atoms with E-state index in [0.29, 0.717) is 16.7 Å². The van der Waals surface area contributed by atoms with Crippen molar-refractivity contribution in [3.05, 3.63) is 143 Å². The molecular formula is C33H23N2NaO2S. The third-order valence-electron chi connectivity index (χ3n) is 6.16. The molecule has 1 amide bonds. The summed E-state index contributed by atoms with van der Waals surface area (Å²) in [6, 6.07) is 43.0. The Bertz CT molecular complexity index is 1620. The molecule has 0 aromatic heterocycles. The van der Waals surface area contributed by atoms with Crippen LogP contribution in [0.15, 0.2) is 131 Å². The van der Waals surface area contributed by atoms with E-state index in [1.54, 1.807) is 0 Å². The monoisotopic (exact) mass is 534 g/mol. The second-order valence-corrected chi connectivity index (χ2v) is 9.79. The van der Waals surface area contributed by atoms with Crippen molar-refractivity contribution in [2.75, 3.05) is 4.90 Å². The zero-order chi connectivity index (χ0) is 25.7. The molecular weight excluding hydrogens is 511 g/mol. The average molecular weight is 535 g/mol. The van der Waals surface area contributed by atoms with Crippen LogP contribution in [0.1, 0.15) is 11.1 Å². The molecule has 0 spiro atoms. The maximum absolute atomic E-state index is 12.9. The summed E-state index contributed by atoms with van der Waals surface area (Å²) in [6.45, 7) is 0.527. The van der Waals surface area contributed by atoms with E-state index in [1.165, 1.54) is 11.8 Å². The molecule has 0 aliphatic carbocycles. The largest absolute Gasteiger partial charge is 1.00 e. The number of carbonyl (C=O) groups is 1. The van der Waals surface area contributed by atoms with Crippen LogP contribution in [0.25, 0.3) is 16.8 Å². The number of rotatable bonds is 6. The Kier molecular flexibility index (Phi) is 8.64. The first kappa shape index (κ1) is 27.0. The van der Waals surface area contributed by atoms with Crippen molar-refractivity contribution in [3.8, 4) is 5.75 Å². The molecule has 0 atom stereocenters. The summed E-state index contributed by atoms with van der Waals surface area (Å²) < 4.78 is 5.98. The fourth-order valence-electron chi connectivity index (χ4n) is 4.28. The maximum atomic E-state index is 12.9. The summed E-state index contributed by atoms with van der Waals surface area (Å²) in [6.07, 6.45) is 1.91. The van der Waals surface area contributed by atoms with Crippen molar-refractivity contribution in [2.45, 2.75) is 6.61 Å². The average Bonchev–Trinajstić information content (AvgIpc) is 3.32. The van der Waals surface area contributed by atoms with E-state index >= 15 is 0 Å². The van der Waals surface area contributed by atoms with Crippen molar-refractivity contribution in [1.29, 1.82) is 0 Å². The van der Waals surface area contributed by atoms with Crippen LogP contribution < -0.4 is 39.2 Å². The molecule has 39 heavy (non-hydrogen) atoms. The second kappa shape index (κ2) is 12.5. The van der Waals surface area contributed by atoms with Crippen LogP contribution in [0.3, 0.4) is 0 Å². The molecule has 0 saturated heterocycles. The number of amides is 1. The Labute approximate surface area is 254 Å². The quantitative estimate of drug-likeness (QED) is 0.174. The third-order valence-corrected chi connectivity index (χ3v) is 7.12. The zero-order valence-corrected chi connectivity index (χ0v) is 24.3. The summed E-state index contributed by atoms with van der Waals surface area (Å²) in [5.41, 5.74) is 3.94. The van der Waals surface area contributed by atoms with Gasteiger partial charge in [0.15, 0.2) is 5.17 Å². The number of hydrogen-bond acceptors (Lipinski definition) is 4. The molecule has 1 aliphatic rings. The van der Waals surface area contributed by atoms with Crippen LogP contribution in [0.5, 0.6) is 5.75 Å². The van der Waals surface area contributed by atoms with Gasteiger partial charge in [0.2, 0.25) is 0 Å². The molecule has 5 aromatic carbocycles. The van der Waals surface area contributed by atoms with Crippen molar-refractivity contribution in [3.63, 3.8) is 0 Å². The number of nitrogens with zero attached hydrogens (tertiary/aromatic N) is 2. The summed E-state index contributed by atoms with van der Waals surface area (Å²) in [7, 11) is 0. The number of aliphatic imine (C=N–C) groups is 1. The molecule has 0 bridgehead atoms. The first-order chi connectivity index (χ1) is 18.7. The van der Waals surface area contributed by atoms with Crippen molar-refractivity contribution in [1.82, 2.24) is 0 Å². The number of anilines is 2. The molecule has 0 saturated carbocycles. The number of thioether (sulfide) groups is 1. The van der Waals surface area contributed by atoms with E-state index in [2.05, 4.69) is 35.3 Å². The predicted molar refractivity (Wildman–Crippen MR) is 157 cm³/mol. The van der Waals surface area contributed by atoms with Gasteiger partial charge in [-0.25, -0.2) is 0 Å². The molecule has 0 radical (unpaired) electrons. The molecule has 0 fully saturated rings. The van der Waals surface area contributed by atoms with Crippen LogP contribution in [-0.4, -0.2) is 11.1 Å². The Morgan fingerprint density at radius 1 is 0.795 bits per heavy atom. The van der Waals surface area contributed by atoms with E-state index in [4.69, 9.17) is 4.74 Å². The molecule has 4 nitrogen and oxygen atoms in total. The molecule has 6 heteroatoms. The Balaban J connectivity index is 0.00000308. The van der Waals surface area contributed by atoms with Gasteiger partial charge in [-0.2, -0.15) is 23.2 Å². The van der Waals surface area contributed by atoms with Gasteiger partial charge in [-0.05, 0) is 70.1 Å². The third kappa shape index (κ3) is 6.35. The van der Waals surface area contributed by atoms with Crippen molar-refractivity contribution < 1.29 is 39.1 Å². The van der Waals surface area contributed by atoms with Crippen molar-refractivity contribution in [2.24, 2.45) is 4.99 Å². The molecule has 0 N–H and O–H groups in total.